The average Bonchev–Trinajstić information content (AvgIpc) is 1.71. The van der Waals surface area contributed by atoms with Crippen LogP contribution in [0.5, 0.6) is 0 Å². The molecule has 0 radical (unpaired) electrons. The van der Waals surface area contributed by atoms with E-state index >= 15 is 28.8 Å². The highest BCUT2D eigenvalue weighted by molar-refractivity contribution is 8.76. The van der Waals surface area contributed by atoms with Gasteiger partial charge in [0.2, 0.25) is 82.7 Å². The fraction of sp³-hybridized carbons (Fsp3) is 0.522. The lowest BCUT2D eigenvalue weighted by molar-refractivity contribution is -0.140. The van der Waals surface area contributed by atoms with E-state index in [9.17, 15) is 88.2 Å². The van der Waals surface area contributed by atoms with Crippen molar-refractivity contribution in [2.24, 2.45) is 11.5 Å². The number of H-pyrrole nitrogens is 1. The monoisotopic (exact) mass is 1980 g/mol. The second-order valence-electron chi connectivity index (χ2n) is 33.9. The Morgan fingerprint density at radius 2 is 0.871 bits per heavy atom. The van der Waals surface area contributed by atoms with E-state index in [-0.39, 0.29) is 143 Å². The van der Waals surface area contributed by atoms with Gasteiger partial charge < -0.3 is 122 Å². The number of benzene rings is 4. The number of carbonyl (C=O) groups is 18. The highest BCUT2D eigenvalue weighted by Gasteiger charge is 2.40. The molecular weight excluding hydrogens is 1850 g/mol. The molecule has 2 fully saturated rings. The molecule has 0 bridgehead atoms. The molecule has 3 heterocycles. The van der Waals surface area contributed by atoms with Gasteiger partial charge in [-0.1, -0.05) is 151 Å². The highest BCUT2D eigenvalue weighted by Crippen LogP contribution is 2.26. The van der Waals surface area contributed by atoms with Gasteiger partial charge in [0.05, 0.1) is 45.4 Å². The first-order valence-electron chi connectivity index (χ1n) is 46.1. The Bertz CT molecular complexity index is 4890. The van der Waals surface area contributed by atoms with Crippen molar-refractivity contribution in [1.29, 1.82) is 0 Å². The third kappa shape index (κ3) is 40.7. The lowest BCUT2D eigenvalue weighted by Gasteiger charge is -2.33. The van der Waals surface area contributed by atoms with Gasteiger partial charge in [-0.3, -0.25) is 106 Å². The van der Waals surface area contributed by atoms with Crippen LogP contribution in [0.1, 0.15) is 101 Å². The summed E-state index contributed by atoms with van der Waals surface area (Å²) in [5, 5.41) is 97.3. The summed E-state index contributed by atoms with van der Waals surface area (Å²) < 4.78 is 0. The topological polar surface area (TPSA) is 678 Å². The van der Waals surface area contributed by atoms with Gasteiger partial charge in [0.1, 0.15) is 79.0 Å². The number of nitrogens with zero attached hydrogens (tertiary/aromatic N) is 4. The summed E-state index contributed by atoms with van der Waals surface area (Å²) in [7, 11) is 1.56. The van der Waals surface area contributed by atoms with E-state index in [1.165, 1.54) is 13.8 Å². The van der Waals surface area contributed by atoms with E-state index in [0.29, 0.717) is 52.4 Å². The molecule has 2 aliphatic rings. The highest BCUT2D eigenvalue weighted by atomic mass is 33.1. The minimum absolute atomic E-state index is 0.0359. The third-order valence-electron chi connectivity index (χ3n) is 22.8. The van der Waals surface area contributed by atoms with Crippen molar-refractivity contribution in [3.05, 3.63) is 144 Å². The molecule has 45 nitrogen and oxygen atoms in total. The molecule has 0 aliphatic carbocycles. The molecule has 0 unspecified atom stereocenters. The number of carboxylic acids is 4. The fourth-order valence-corrected chi connectivity index (χ4v) is 17.5. The van der Waals surface area contributed by atoms with Crippen LogP contribution >= 0.6 is 21.6 Å². The Morgan fingerprint density at radius 1 is 0.432 bits per heavy atom. The van der Waals surface area contributed by atoms with E-state index in [2.05, 4.69) is 79.4 Å². The molecule has 14 amide bonds. The summed E-state index contributed by atoms with van der Waals surface area (Å²) in [4.78, 5) is 264. The number of rotatable bonds is 43. The molecule has 4 aromatic carbocycles. The molecule has 2 saturated heterocycles. The van der Waals surface area contributed by atoms with Crippen LogP contribution in [-0.4, -0.2) is 363 Å². The molecule has 13 atom stereocenters. The zero-order valence-corrected chi connectivity index (χ0v) is 79.6. The molecule has 5 aromatic rings. The maximum absolute atomic E-state index is 15.7. The van der Waals surface area contributed by atoms with E-state index in [1.807, 2.05) is 0 Å². The number of fused-ring (bicyclic) bond motifs is 1. The van der Waals surface area contributed by atoms with Crippen LogP contribution in [-0.2, 0) is 112 Å². The Hall–Kier alpha value is -12.7. The van der Waals surface area contributed by atoms with Crippen molar-refractivity contribution >= 4 is 139 Å². The zero-order valence-electron chi connectivity index (χ0n) is 78.0. The summed E-state index contributed by atoms with van der Waals surface area (Å²) in [5.41, 5.74) is 14.5. The van der Waals surface area contributed by atoms with Crippen molar-refractivity contribution in [2.45, 2.75) is 183 Å². The number of unbranched alkanes of at least 4 members (excludes halogenated alkanes) is 3. The van der Waals surface area contributed by atoms with Gasteiger partial charge in [-0.2, -0.15) is 0 Å². The first-order valence-corrected chi connectivity index (χ1v) is 48.6. The molecule has 2 aliphatic heterocycles. The number of amides is 14. The first kappa shape index (κ1) is 113. The predicted octanol–water partition coefficient (Wildman–Crippen LogP) is -4.72. The minimum Gasteiger partial charge on any atom is -0.480 e. The smallest absolute Gasteiger partial charge is 0.322 e. The van der Waals surface area contributed by atoms with Crippen LogP contribution in [0.25, 0.3) is 10.9 Å². The van der Waals surface area contributed by atoms with E-state index in [4.69, 9.17) is 11.5 Å². The number of nitrogens with two attached hydrogens (primary N) is 2. The van der Waals surface area contributed by atoms with Crippen molar-refractivity contribution in [3.8, 4) is 0 Å². The average molecular weight is 1980 g/mol. The van der Waals surface area contributed by atoms with E-state index in [0.717, 1.165) is 21.6 Å². The molecule has 0 spiro atoms. The lowest BCUT2D eigenvalue weighted by Crippen LogP contribution is -2.63. The van der Waals surface area contributed by atoms with Gasteiger partial charge in [-0.15, -0.1) is 0 Å². The Balaban J connectivity index is 1.25. The number of nitrogens with one attached hydrogen (secondary N) is 15. The fourth-order valence-electron chi connectivity index (χ4n) is 15.2. The molecule has 25 N–H and O–H groups in total. The number of hydrogen-bond donors (Lipinski definition) is 23. The van der Waals surface area contributed by atoms with Gasteiger partial charge in [0, 0.05) is 107 Å². The molecular formula is C92H131N21O24S2. The maximum atomic E-state index is 15.7. The van der Waals surface area contributed by atoms with Gasteiger partial charge in [0.25, 0.3) is 0 Å². The van der Waals surface area contributed by atoms with Crippen LogP contribution in [0.15, 0.2) is 121 Å². The predicted molar refractivity (Wildman–Crippen MR) is 513 cm³/mol. The molecule has 0 saturated carbocycles. The summed E-state index contributed by atoms with van der Waals surface area (Å²) in [5.74, 6) is -20.0. The zero-order chi connectivity index (χ0) is 101. The molecule has 7 rings (SSSR count). The standard InChI is InChI=1S/C92H131N21O24S2/c1-4-5-28-64(99-74(116)47-96-81(126)56(2)98-75(117)49-110-34-36-111(50-77(120)121)38-40-113(52-79(124)125)41-39-112(37-35-110)51-78(122)123)83(128)100-65(30-17-19-32-93)84(129)107-72-54-138-139-55-73(91(136)106-71(53-114)82(127)97-48-76(118)119)108-88(133)69(44-60-25-13-8-14-26-60)105-92(137)80(57(3)115)109-85(130)66(31-18-20-33-94)101-89(134)70(45-61-46-95-63-29-16-15-27-62(61)63)104-87(132)67(42-58-21-9-6-10-22-58)102-86(131)68(103-90(72)135)43-59-23-11-7-12-24-59/h6-16,21-27,29,46,56-57,64-73,80,95,114-115H,4-5,17-20,28,30-45,47-55,93-94H2,1-3H3,(H,96,126)(H,97,127)(H,98,117)(H,99,116)(H,100,128)(H,101,134)(H,102,131)(H,103,135)(H,104,132)(H,105,137)(H,106,136)(H,107,129)(H,108,133)(H,109,130)(H,118,119)(H,120,121)(H,122,123)(H,124,125)/t56-,57+,64-,65-,66-,67-,68-,69-,70+,71-,72+,73-,80-/m0/s1. The summed E-state index contributed by atoms with van der Waals surface area (Å²) in [6, 6.07) is 12.2. The van der Waals surface area contributed by atoms with Crippen molar-refractivity contribution in [3.63, 3.8) is 0 Å². The minimum atomic E-state index is -1.90. The van der Waals surface area contributed by atoms with Crippen LogP contribution in [0, 0.1) is 0 Å². The SMILES string of the molecule is CCCC[C@H](NC(=O)CNC(=O)[C@H](C)NC(=O)CN1CCN(CC(=O)O)CCN(CC(=O)O)CCN(CC(=O)O)CC1)C(=O)N[C@@H](CCCCN)C(=O)N[C@@H]1CSSC[C@@H](C(=O)N[C@@H](CO)C(=O)NCC(=O)O)NC(=O)[C@H](Cc2ccccc2)NC(=O)[C@H]([C@@H](C)O)NC(=O)[C@H](CCCCN)NC(=O)[C@@H](Cc2c[nH]c3ccccc23)NC(=O)[C@H](Cc2ccccc2)NC(=O)[C@H](Cc2ccccc2)NC1=O. The number of aliphatic carboxylic acids is 4. The number of aromatic nitrogens is 1. The number of para-hydroxylation sites is 1. The largest absolute Gasteiger partial charge is 0.480 e. The molecule has 1 aromatic heterocycles. The Labute approximate surface area is 811 Å². The number of carboxylic acid groups (broad SMARTS) is 4. The van der Waals surface area contributed by atoms with E-state index < -0.39 is 229 Å². The quantitative estimate of drug-likeness (QED) is 0.0129. The van der Waals surface area contributed by atoms with Gasteiger partial charge in [-0.05, 0) is 100 Å². The van der Waals surface area contributed by atoms with Crippen molar-refractivity contribution in [2.75, 3.05) is 123 Å². The maximum Gasteiger partial charge on any atom is 0.322 e. The second kappa shape index (κ2) is 60.2. The summed E-state index contributed by atoms with van der Waals surface area (Å²) in [6.07, 6.45) is 0.152. The number of carbonyl (C=O) groups excluding carboxylic acids is 14. The Morgan fingerprint density at radius 3 is 1.37 bits per heavy atom. The third-order valence-corrected chi connectivity index (χ3v) is 25.2. The summed E-state index contributed by atoms with van der Waals surface area (Å²) >= 11 is 0. The molecule has 760 valence electrons. The van der Waals surface area contributed by atoms with Gasteiger partial charge in [0.15, 0.2) is 0 Å². The van der Waals surface area contributed by atoms with Crippen LogP contribution in [0.4, 0.5) is 0 Å². The van der Waals surface area contributed by atoms with E-state index in [1.54, 1.807) is 148 Å². The Kier molecular flexibility index (Phi) is 49.0. The molecule has 139 heavy (non-hydrogen) atoms. The second-order valence-corrected chi connectivity index (χ2v) is 36.4. The van der Waals surface area contributed by atoms with Crippen molar-refractivity contribution in [1.82, 2.24) is 99.0 Å². The number of hydrogen-bond acceptors (Lipinski definition) is 28. The lowest BCUT2D eigenvalue weighted by atomic mass is 10.00. The summed E-state index contributed by atoms with van der Waals surface area (Å²) in [6.45, 7) is 1.01. The van der Waals surface area contributed by atoms with Crippen LogP contribution in [0.3, 0.4) is 0 Å². The van der Waals surface area contributed by atoms with Crippen LogP contribution in [0.2, 0.25) is 0 Å². The first-order chi connectivity index (χ1) is 66.5. The molecule has 47 heteroatoms. The van der Waals surface area contributed by atoms with Gasteiger partial charge in [-0.25, -0.2) is 0 Å². The van der Waals surface area contributed by atoms with Gasteiger partial charge >= 0.3 is 23.9 Å². The van der Waals surface area contributed by atoms with Crippen LogP contribution < -0.4 is 85.9 Å². The number of aromatic amines is 1. The number of aliphatic hydroxyl groups is 2. The normalized spacial score (nSPS) is 20.6. The van der Waals surface area contributed by atoms with Crippen molar-refractivity contribution < 1.29 is 117 Å². The number of aliphatic hydroxyl groups excluding tert-OH is 2.